The summed E-state index contributed by atoms with van der Waals surface area (Å²) in [4.78, 5) is 63.8. The number of nitrogens with one attached hydrogen (secondary N) is 2. The Bertz CT molecular complexity index is 1380. The third-order valence-electron chi connectivity index (χ3n) is 7.33. The molecule has 0 heterocycles. The molecule has 14 heteroatoms. The van der Waals surface area contributed by atoms with Gasteiger partial charge in [0.2, 0.25) is 17.7 Å². The number of hydrogen-bond donors (Lipinski definition) is 3. The van der Waals surface area contributed by atoms with E-state index in [0.29, 0.717) is 56.9 Å². The lowest BCUT2D eigenvalue weighted by Crippen LogP contribution is -2.36. The van der Waals surface area contributed by atoms with E-state index >= 15 is 0 Å². The Kier molecular flexibility index (Phi) is 16.6. The van der Waals surface area contributed by atoms with E-state index in [1.807, 2.05) is 0 Å². The zero-order chi connectivity index (χ0) is 34.8. The molecule has 2 aromatic carbocycles. The van der Waals surface area contributed by atoms with E-state index in [1.54, 1.807) is 56.4 Å². The molecule has 256 valence electrons. The van der Waals surface area contributed by atoms with Gasteiger partial charge in [-0.25, -0.2) is 4.79 Å². The molecule has 3 N–H and O–H groups in total. The average Bonchev–Trinajstić information content (AvgIpc) is 3.05. The van der Waals surface area contributed by atoms with Gasteiger partial charge in [0, 0.05) is 67.6 Å². The van der Waals surface area contributed by atoms with Crippen LogP contribution in [0, 0.1) is 0 Å². The first kappa shape index (κ1) is 38.3. The summed E-state index contributed by atoms with van der Waals surface area (Å²) in [6.45, 7) is 5.28. The molecule has 4 amide bonds. The molecule has 0 radical (unpaired) electrons. The second-order valence-corrected chi connectivity index (χ2v) is 11.2. The molecule has 47 heavy (non-hydrogen) atoms. The van der Waals surface area contributed by atoms with E-state index in [4.69, 9.17) is 4.74 Å². The maximum atomic E-state index is 12.7. The van der Waals surface area contributed by atoms with Crippen LogP contribution in [0.4, 0.5) is 16.2 Å². The number of nitrogens with zero attached hydrogens (tertiary/aromatic N) is 5. The normalized spacial score (nSPS) is 10.8. The molecule has 0 fully saturated rings. The lowest BCUT2D eigenvalue weighted by molar-refractivity contribution is -0.128. The van der Waals surface area contributed by atoms with Crippen molar-refractivity contribution >= 4 is 41.0 Å². The van der Waals surface area contributed by atoms with Gasteiger partial charge < -0.3 is 35.2 Å². The van der Waals surface area contributed by atoms with Crippen LogP contribution in [0.1, 0.15) is 55.5 Å². The largest absolute Gasteiger partial charge is 0.507 e. The Morgan fingerprint density at radius 1 is 0.766 bits per heavy atom. The quantitative estimate of drug-likeness (QED) is 0.117. The molecule has 0 aliphatic heterocycles. The number of carbonyl (C=O) groups is 5. The van der Waals surface area contributed by atoms with Crippen molar-refractivity contribution < 1.29 is 33.8 Å². The lowest BCUT2D eigenvalue weighted by atomic mass is 10.1. The molecule has 2 aromatic rings. The highest BCUT2D eigenvalue weighted by Gasteiger charge is 2.13. The summed E-state index contributed by atoms with van der Waals surface area (Å²) >= 11 is 0. The van der Waals surface area contributed by atoms with Gasteiger partial charge in [0.1, 0.15) is 12.4 Å². The number of azo groups is 1. The molecule has 0 aliphatic rings. The summed E-state index contributed by atoms with van der Waals surface area (Å²) in [6.07, 6.45) is 2.22. The molecule has 0 bridgehead atoms. The number of carbonyl (C=O) groups excluding carboxylic acids is 5. The van der Waals surface area contributed by atoms with E-state index in [1.165, 1.54) is 35.8 Å². The smallest absolute Gasteiger partial charge is 0.409 e. The number of Topliss-reactive ketones (excluding diaryl/α,β-unsaturated/α-hetero) is 1. The summed E-state index contributed by atoms with van der Waals surface area (Å²) in [6, 6.07) is 11.4. The molecular weight excluding hydrogens is 606 g/mol. The summed E-state index contributed by atoms with van der Waals surface area (Å²) in [5, 5.41) is 24.5. The highest BCUT2D eigenvalue weighted by molar-refractivity contribution is 6.00. The number of hydrogen-bond acceptors (Lipinski definition) is 10. The standard InChI is InChI=1S/C33H47N7O7/c1-24(41)38(3)18-17-35-32(45)9-7-6-8-16-34-22-31(44)29-21-28(14-15-30(29)43)37-36-27-12-10-26(11-13-27)23-47-33(46)40(5)20-19-39(4)25(2)42/h10-15,21,34,43H,6-9,16-20,22-23H2,1-5H3,(H,35,45)/b37-36+. The van der Waals surface area contributed by atoms with Gasteiger partial charge in [0.15, 0.2) is 5.78 Å². The number of benzene rings is 2. The first-order valence-corrected chi connectivity index (χ1v) is 15.5. The summed E-state index contributed by atoms with van der Waals surface area (Å²) in [5.41, 5.74) is 1.84. The highest BCUT2D eigenvalue weighted by atomic mass is 16.6. The van der Waals surface area contributed by atoms with Crippen LogP contribution >= 0.6 is 0 Å². The van der Waals surface area contributed by atoms with Crippen LogP contribution < -0.4 is 10.6 Å². The zero-order valence-electron chi connectivity index (χ0n) is 28.0. The Hall–Kier alpha value is -4.85. The number of phenols is 1. The van der Waals surface area contributed by atoms with Crippen molar-refractivity contribution in [2.24, 2.45) is 10.2 Å². The number of ketones is 1. The third-order valence-corrected chi connectivity index (χ3v) is 7.33. The van der Waals surface area contributed by atoms with Crippen molar-refractivity contribution in [3.63, 3.8) is 0 Å². The van der Waals surface area contributed by atoms with Crippen molar-refractivity contribution in [2.45, 2.75) is 46.1 Å². The molecule has 2 rings (SSSR count). The molecule has 0 saturated carbocycles. The first-order chi connectivity index (χ1) is 22.4. The van der Waals surface area contributed by atoms with Crippen LogP contribution in [-0.4, -0.2) is 110 Å². The van der Waals surface area contributed by atoms with Gasteiger partial charge in [0.25, 0.3) is 0 Å². The van der Waals surface area contributed by atoms with Crippen LogP contribution in [0.25, 0.3) is 0 Å². The van der Waals surface area contributed by atoms with Gasteiger partial charge in [-0.2, -0.15) is 10.2 Å². The van der Waals surface area contributed by atoms with Crippen molar-refractivity contribution in [2.75, 3.05) is 60.4 Å². The van der Waals surface area contributed by atoms with Crippen LogP contribution in [-0.2, 0) is 25.7 Å². The van der Waals surface area contributed by atoms with Crippen molar-refractivity contribution in [3.8, 4) is 5.75 Å². The predicted octanol–water partition coefficient (Wildman–Crippen LogP) is 3.78. The molecule has 0 saturated heterocycles. The Balaban J connectivity index is 1.73. The van der Waals surface area contributed by atoms with Crippen molar-refractivity contribution in [1.82, 2.24) is 25.3 Å². The highest BCUT2D eigenvalue weighted by Crippen LogP contribution is 2.25. The van der Waals surface area contributed by atoms with Crippen molar-refractivity contribution in [1.29, 1.82) is 0 Å². The van der Waals surface area contributed by atoms with Gasteiger partial charge in [-0.05, 0) is 55.3 Å². The monoisotopic (exact) mass is 653 g/mol. The summed E-state index contributed by atoms with van der Waals surface area (Å²) in [5.74, 6) is -0.612. The SMILES string of the molecule is CC(=O)N(C)CCNC(=O)CCCCCNCC(=O)c1cc(/N=N/c2ccc(COC(=O)N(C)CCN(C)C(C)=O)cc2)ccc1O. The van der Waals surface area contributed by atoms with Crippen LogP contribution in [0.15, 0.2) is 52.7 Å². The second-order valence-electron chi connectivity index (χ2n) is 11.2. The van der Waals surface area contributed by atoms with E-state index in [9.17, 15) is 29.1 Å². The summed E-state index contributed by atoms with van der Waals surface area (Å²) in [7, 11) is 4.96. The van der Waals surface area contributed by atoms with Gasteiger partial charge in [-0.3, -0.25) is 19.2 Å². The lowest BCUT2D eigenvalue weighted by Gasteiger charge is -2.21. The molecule has 0 atom stereocenters. The summed E-state index contributed by atoms with van der Waals surface area (Å²) < 4.78 is 5.33. The average molecular weight is 654 g/mol. The molecule has 0 unspecified atom stereocenters. The van der Waals surface area contributed by atoms with Crippen LogP contribution in [0.2, 0.25) is 0 Å². The van der Waals surface area contributed by atoms with Crippen LogP contribution in [0.3, 0.4) is 0 Å². The molecule has 0 aromatic heterocycles. The topological polar surface area (TPSA) is 173 Å². The molecular formula is C33H47N7O7. The van der Waals surface area contributed by atoms with Gasteiger partial charge in [0.05, 0.1) is 23.5 Å². The number of likely N-dealkylation sites (N-methyl/N-ethyl adjacent to an activating group) is 3. The minimum absolute atomic E-state index is 0.0373. The fourth-order valence-corrected chi connectivity index (χ4v) is 4.01. The molecule has 0 spiro atoms. The van der Waals surface area contributed by atoms with Gasteiger partial charge in [-0.15, -0.1) is 0 Å². The van der Waals surface area contributed by atoms with Gasteiger partial charge >= 0.3 is 6.09 Å². The second kappa shape index (κ2) is 20.3. The number of rotatable bonds is 19. The Morgan fingerprint density at radius 2 is 1.38 bits per heavy atom. The maximum absolute atomic E-state index is 12.7. The zero-order valence-corrected chi connectivity index (χ0v) is 28.0. The van der Waals surface area contributed by atoms with Gasteiger partial charge in [-0.1, -0.05) is 18.6 Å². The maximum Gasteiger partial charge on any atom is 0.409 e. The van der Waals surface area contributed by atoms with Crippen molar-refractivity contribution in [3.05, 3.63) is 53.6 Å². The number of phenolic OH excluding ortho intramolecular Hbond substituents is 1. The first-order valence-electron chi connectivity index (χ1n) is 15.5. The van der Waals surface area contributed by atoms with E-state index in [-0.39, 0.29) is 48.0 Å². The molecule has 0 aliphatic carbocycles. The number of aromatic hydroxyl groups is 1. The third kappa shape index (κ3) is 14.9. The predicted molar refractivity (Wildman–Crippen MR) is 177 cm³/mol. The van der Waals surface area contributed by atoms with Crippen LogP contribution in [0.5, 0.6) is 5.75 Å². The van der Waals surface area contributed by atoms with E-state index in [0.717, 1.165) is 18.4 Å². The number of ether oxygens (including phenoxy) is 1. The van der Waals surface area contributed by atoms with E-state index < -0.39 is 6.09 Å². The molecule has 14 nitrogen and oxygen atoms in total. The minimum atomic E-state index is -0.497. The number of unbranched alkanes of at least 4 members (excludes halogenated alkanes) is 2. The minimum Gasteiger partial charge on any atom is -0.507 e. The fourth-order valence-electron chi connectivity index (χ4n) is 4.01. The van der Waals surface area contributed by atoms with E-state index in [2.05, 4.69) is 20.9 Å². The fraction of sp³-hybridized carbons (Fsp3) is 0.485. The Morgan fingerprint density at radius 3 is 2.06 bits per heavy atom. The Labute approximate surface area is 276 Å². The number of amides is 4.